The monoisotopic (exact) mass is 311 g/mol. The summed E-state index contributed by atoms with van der Waals surface area (Å²) in [5.74, 6) is -0.888. The number of alkyl halides is 1. The maximum absolute atomic E-state index is 11.2. The van der Waals surface area contributed by atoms with E-state index in [9.17, 15) is 9.59 Å². The van der Waals surface area contributed by atoms with Crippen LogP contribution in [0, 0.1) is 0 Å². The normalized spacial score (nSPS) is 9.80. The van der Waals surface area contributed by atoms with Crippen LogP contribution < -0.4 is 5.32 Å². The predicted molar refractivity (Wildman–Crippen MR) is 62.7 cm³/mol. The summed E-state index contributed by atoms with van der Waals surface area (Å²) in [6.07, 6.45) is 0. The van der Waals surface area contributed by atoms with E-state index in [1.54, 1.807) is 6.07 Å². The van der Waals surface area contributed by atoms with Gasteiger partial charge < -0.3 is 10.1 Å². The van der Waals surface area contributed by atoms with Crippen molar-refractivity contribution in [3.63, 3.8) is 0 Å². The van der Waals surface area contributed by atoms with Crippen molar-refractivity contribution in [2.24, 2.45) is 0 Å². The SMILES string of the molecule is COC(=O)c1cc(Br)c(NC(=O)CCl)s1. The van der Waals surface area contributed by atoms with Crippen molar-refractivity contribution in [3.8, 4) is 0 Å². The molecule has 4 nitrogen and oxygen atoms in total. The van der Waals surface area contributed by atoms with Crippen LogP contribution in [0.25, 0.3) is 0 Å². The summed E-state index contributed by atoms with van der Waals surface area (Å²) < 4.78 is 5.18. The van der Waals surface area contributed by atoms with Crippen molar-refractivity contribution < 1.29 is 14.3 Å². The molecule has 7 heteroatoms. The number of rotatable bonds is 3. The van der Waals surface area contributed by atoms with E-state index in [1.807, 2.05) is 0 Å². The van der Waals surface area contributed by atoms with Gasteiger partial charge in [-0.3, -0.25) is 4.79 Å². The molecule has 0 saturated heterocycles. The van der Waals surface area contributed by atoms with E-state index in [0.717, 1.165) is 11.3 Å². The lowest BCUT2D eigenvalue weighted by atomic mass is 10.4. The lowest BCUT2D eigenvalue weighted by Gasteiger charge is -1.98. The number of ether oxygens (including phenoxy) is 1. The molecule has 0 radical (unpaired) electrons. The van der Waals surface area contributed by atoms with Crippen molar-refractivity contribution in [1.82, 2.24) is 0 Å². The second-order valence-electron chi connectivity index (χ2n) is 2.46. The van der Waals surface area contributed by atoms with Gasteiger partial charge in [0.1, 0.15) is 15.8 Å². The second-order valence-corrected chi connectivity index (χ2v) is 4.63. The first-order chi connectivity index (χ1) is 7.08. The predicted octanol–water partition coefficient (Wildman–Crippen LogP) is 2.47. The third-order valence-electron chi connectivity index (χ3n) is 1.45. The van der Waals surface area contributed by atoms with Crippen LogP contribution in [-0.4, -0.2) is 24.9 Å². The molecule has 0 aliphatic heterocycles. The van der Waals surface area contributed by atoms with Gasteiger partial charge in [0.15, 0.2) is 0 Å². The number of amides is 1. The number of hydrogen-bond acceptors (Lipinski definition) is 4. The van der Waals surface area contributed by atoms with Crippen LogP contribution in [-0.2, 0) is 9.53 Å². The first-order valence-electron chi connectivity index (χ1n) is 3.82. The van der Waals surface area contributed by atoms with Gasteiger partial charge in [-0.25, -0.2) is 4.79 Å². The second kappa shape index (κ2) is 5.48. The van der Waals surface area contributed by atoms with E-state index in [-0.39, 0.29) is 11.8 Å². The Morgan fingerprint density at radius 3 is 2.87 bits per heavy atom. The van der Waals surface area contributed by atoms with E-state index >= 15 is 0 Å². The van der Waals surface area contributed by atoms with Crippen LogP contribution in [0.15, 0.2) is 10.5 Å². The standard InChI is InChI=1S/C8H7BrClNO3S/c1-14-8(13)5-2-4(9)7(15-5)11-6(12)3-10/h2H,3H2,1H3,(H,11,12). The Morgan fingerprint density at radius 1 is 1.67 bits per heavy atom. The van der Waals surface area contributed by atoms with Gasteiger partial charge in [0.2, 0.25) is 5.91 Å². The first kappa shape index (κ1) is 12.5. The number of anilines is 1. The number of carbonyl (C=O) groups excluding carboxylic acids is 2. The summed E-state index contributed by atoms with van der Waals surface area (Å²) >= 11 is 9.68. The molecule has 1 aromatic rings. The van der Waals surface area contributed by atoms with Crippen LogP contribution in [0.2, 0.25) is 0 Å². The molecule has 0 aliphatic rings. The fourth-order valence-corrected chi connectivity index (χ4v) is 2.49. The van der Waals surface area contributed by atoms with Crippen LogP contribution in [0.3, 0.4) is 0 Å². The highest BCUT2D eigenvalue weighted by Gasteiger charge is 2.14. The van der Waals surface area contributed by atoms with Crippen molar-refractivity contribution in [1.29, 1.82) is 0 Å². The molecule has 1 heterocycles. The number of halogens is 2. The Morgan fingerprint density at radius 2 is 2.33 bits per heavy atom. The average molecular weight is 313 g/mol. The summed E-state index contributed by atoms with van der Waals surface area (Å²) in [6.45, 7) is 0. The van der Waals surface area contributed by atoms with Gasteiger partial charge in [-0.15, -0.1) is 22.9 Å². The maximum Gasteiger partial charge on any atom is 0.348 e. The van der Waals surface area contributed by atoms with Gasteiger partial charge in [-0.1, -0.05) is 0 Å². The van der Waals surface area contributed by atoms with Crippen molar-refractivity contribution >= 4 is 55.7 Å². The molecule has 82 valence electrons. The van der Waals surface area contributed by atoms with Gasteiger partial charge >= 0.3 is 5.97 Å². The largest absolute Gasteiger partial charge is 0.465 e. The zero-order chi connectivity index (χ0) is 11.4. The molecule has 0 aliphatic carbocycles. The lowest BCUT2D eigenvalue weighted by Crippen LogP contribution is -2.11. The highest BCUT2D eigenvalue weighted by molar-refractivity contribution is 9.10. The van der Waals surface area contributed by atoms with Crippen LogP contribution in [0.5, 0.6) is 0 Å². The van der Waals surface area contributed by atoms with Crippen molar-refractivity contribution in [2.45, 2.75) is 0 Å². The topological polar surface area (TPSA) is 55.4 Å². The van der Waals surface area contributed by atoms with Gasteiger partial charge in [0.25, 0.3) is 0 Å². The Hall–Kier alpha value is -0.590. The third kappa shape index (κ3) is 3.19. The quantitative estimate of drug-likeness (QED) is 0.689. The fourth-order valence-electron chi connectivity index (χ4n) is 0.815. The minimum absolute atomic E-state index is 0.127. The van der Waals surface area contributed by atoms with E-state index in [1.165, 1.54) is 7.11 Å². The van der Waals surface area contributed by atoms with E-state index in [4.69, 9.17) is 11.6 Å². The molecule has 0 aromatic carbocycles. The van der Waals surface area contributed by atoms with Gasteiger partial charge in [0, 0.05) is 0 Å². The van der Waals surface area contributed by atoms with Crippen molar-refractivity contribution in [3.05, 3.63) is 15.4 Å². The zero-order valence-electron chi connectivity index (χ0n) is 7.67. The molecule has 1 rings (SSSR count). The number of methoxy groups -OCH3 is 1. The van der Waals surface area contributed by atoms with Crippen LogP contribution in [0.4, 0.5) is 5.00 Å². The van der Waals surface area contributed by atoms with E-state index < -0.39 is 5.97 Å². The number of hydrogen-bond donors (Lipinski definition) is 1. The first-order valence-corrected chi connectivity index (χ1v) is 5.96. The molecular weight excluding hydrogens is 306 g/mol. The molecule has 0 saturated carbocycles. The Kier molecular flexibility index (Phi) is 4.56. The molecule has 0 atom stereocenters. The Labute approximate surface area is 104 Å². The third-order valence-corrected chi connectivity index (χ3v) is 3.61. The molecule has 0 fully saturated rings. The molecule has 0 spiro atoms. The fraction of sp³-hybridized carbons (Fsp3) is 0.250. The summed E-state index contributed by atoms with van der Waals surface area (Å²) in [6, 6.07) is 1.58. The summed E-state index contributed by atoms with van der Waals surface area (Å²) in [4.78, 5) is 22.6. The zero-order valence-corrected chi connectivity index (χ0v) is 10.8. The molecule has 1 aromatic heterocycles. The molecule has 0 unspecified atom stereocenters. The molecule has 15 heavy (non-hydrogen) atoms. The lowest BCUT2D eigenvalue weighted by molar-refractivity contribution is -0.113. The van der Waals surface area contributed by atoms with E-state index in [0.29, 0.717) is 14.4 Å². The molecule has 1 N–H and O–H groups in total. The summed E-state index contributed by atoms with van der Waals surface area (Å²) in [7, 11) is 1.30. The van der Waals surface area contributed by atoms with Crippen LogP contribution >= 0.6 is 38.9 Å². The Balaban J connectivity index is 2.86. The number of esters is 1. The molecular formula is C8H7BrClNO3S. The molecule has 1 amide bonds. The highest BCUT2D eigenvalue weighted by Crippen LogP contribution is 2.32. The van der Waals surface area contributed by atoms with Gasteiger partial charge in [0.05, 0.1) is 11.6 Å². The van der Waals surface area contributed by atoms with Crippen LogP contribution in [0.1, 0.15) is 9.67 Å². The minimum atomic E-state index is -0.438. The number of thiophene rings is 1. The minimum Gasteiger partial charge on any atom is -0.465 e. The number of nitrogens with one attached hydrogen (secondary N) is 1. The van der Waals surface area contributed by atoms with Gasteiger partial charge in [-0.2, -0.15) is 0 Å². The Bertz CT molecular complexity index is 393. The average Bonchev–Trinajstić information content (AvgIpc) is 2.59. The summed E-state index contributed by atoms with van der Waals surface area (Å²) in [5, 5.41) is 3.09. The smallest absolute Gasteiger partial charge is 0.348 e. The summed E-state index contributed by atoms with van der Waals surface area (Å²) in [5.41, 5.74) is 0. The van der Waals surface area contributed by atoms with Gasteiger partial charge in [-0.05, 0) is 22.0 Å². The molecule has 0 bridgehead atoms. The van der Waals surface area contributed by atoms with Crippen molar-refractivity contribution in [2.75, 3.05) is 18.3 Å². The highest BCUT2D eigenvalue weighted by atomic mass is 79.9. The number of carbonyl (C=O) groups is 2. The van der Waals surface area contributed by atoms with E-state index in [2.05, 4.69) is 26.0 Å². The maximum atomic E-state index is 11.2.